The Balaban J connectivity index is 2.83. The molecule has 3 nitrogen and oxygen atoms in total. The Morgan fingerprint density at radius 3 is 3.08 bits per heavy atom. The molecule has 0 aliphatic heterocycles. The third kappa shape index (κ3) is 0.983. The van der Waals surface area contributed by atoms with Crippen LogP contribution in [0.2, 0.25) is 5.02 Å². The summed E-state index contributed by atoms with van der Waals surface area (Å²) in [5.41, 5.74) is 1.61. The molecule has 0 aliphatic rings. The molecular weight excluding hydrogens is 176 g/mol. The van der Waals surface area contributed by atoms with E-state index in [-0.39, 0.29) is 6.61 Å². The molecule has 0 spiro atoms. The SMILES string of the molecule is OCc1c(Cl)ccc2cncn12. The zero-order chi connectivity index (χ0) is 8.55. The molecule has 2 rings (SSSR count). The number of imidazole rings is 1. The number of pyridine rings is 1. The maximum absolute atomic E-state index is 9.00. The van der Waals surface area contributed by atoms with Crippen molar-refractivity contribution >= 4 is 17.1 Å². The van der Waals surface area contributed by atoms with Gasteiger partial charge in [0, 0.05) is 0 Å². The second kappa shape index (κ2) is 2.77. The van der Waals surface area contributed by atoms with Crippen LogP contribution in [0.15, 0.2) is 24.7 Å². The monoisotopic (exact) mass is 182 g/mol. The first-order valence-electron chi connectivity index (χ1n) is 3.53. The Hall–Kier alpha value is -1.06. The molecule has 0 bridgehead atoms. The van der Waals surface area contributed by atoms with Crippen LogP contribution >= 0.6 is 11.6 Å². The van der Waals surface area contributed by atoms with E-state index in [0.717, 1.165) is 5.52 Å². The average Bonchev–Trinajstić information content (AvgIpc) is 2.52. The van der Waals surface area contributed by atoms with Crippen molar-refractivity contribution in [3.8, 4) is 0 Å². The van der Waals surface area contributed by atoms with Gasteiger partial charge in [-0.1, -0.05) is 11.6 Å². The molecule has 0 aliphatic carbocycles. The molecule has 0 atom stereocenters. The van der Waals surface area contributed by atoms with Gasteiger partial charge in [-0.15, -0.1) is 0 Å². The van der Waals surface area contributed by atoms with Crippen molar-refractivity contribution < 1.29 is 5.11 Å². The van der Waals surface area contributed by atoms with Gasteiger partial charge in [0.1, 0.15) is 0 Å². The van der Waals surface area contributed by atoms with Gasteiger partial charge in [-0.25, -0.2) is 4.98 Å². The number of rotatable bonds is 1. The summed E-state index contributed by atoms with van der Waals surface area (Å²) >= 11 is 5.85. The van der Waals surface area contributed by atoms with E-state index in [1.165, 1.54) is 0 Å². The quantitative estimate of drug-likeness (QED) is 0.726. The summed E-state index contributed by atoms with van der Waals surface area (Å²) in [7, 11) is 0. The minimum atomic E-state index is -0.0769. The summed E-state index contributed by atoms with van der Waals surface area (Å²) in [5, 5.41) is 9.56. The van der Waals surface area contributed by atoms with Crippen molar-refractivity contribution in [3.05, 3.63) is 35.4 Å². The standard InChI is InChI=1S/C8H7ClN2O/c9-7-2-1-6-3-10-5-11(6)8(7)4-12/h1-3,5,12H,4H2. The van der Waals surface area contributed by atoms with Gasteiger partial charge in [-0.2, -0.15) is 0 Å². The Labute approximate surface area is 74.2 Å². The number of aromatic nitrogens is 2. The van der Waals surface area contributed by atoms with Gasteiger partial charge in [0.25, 0.3) is 0 Å². The average molecular weight is 183 g/mol. The topological polar surface area (TPSA) is 37.5 Å². The molecule has 0 radical (unpaired) electrons. The van der Waals surface area contributed by atoms with E-state index in [2.05, 4.69) is 4.98 Å². The number of aliphatic hydroxyl groups is 1. The Kier molecular flexibility index (Phi) is 1.75. The van der Waals surface area contributed by atoms with Gasteiger partial charge in [-0.3, -0.25) is 4.40 Å². The predicted octanol–water partition coefficient (Wildman–Crippen LogP) is 1.48. The van der Waals surface area contributed by atoms with Gasteiger partial charge in [0.2, 0.25) is 0 Å². The number of hydrogen-bond donors (Lipinski definition) is 1. The fraction of sp³-hybridized carbons (Fsp3) is 0.125. The highest BCUT2D eigenvalue weighted by Gasteiger charge is 2.03. The van der Waals surface area contributed by atoms with E-state index >= 15 is 0 Å². The molecule has 0 aromatic carbocycles. The largest absolute Gasteiger partial charge is 0.390 e. The summed E-state index contributed by atoms with van der Waals surface area (Å²) in [5.74, 6) is 0. The molecule has 2 aromatic heterocycles. The van der Waals surface area contributed by atoms with Crippen LogP contribution in [0.5, 0.6) is 0 Å². The first kappa shape index (κ1) is 7.58. The summed E-state index contributed by atoms with van der Waals surface area (Å²) in [4.78, 5) is 3.94. The van der Waals surface area contributed by atoms with E-state index in [0.29, 0.717) is 10.7 Å². The van der Waals surface area contributed by atoms with Crippen LogP contribution < -0.4 is 0 Å². The second-order valence-corrected chi connectivity index (χ2v) is 2.88. The molecule has 0 amide bonds. The summed E-state index contributed by atoms with van der Waals surface area (Å²) in [6.07, 6.45) is 3.35. The zero-order valence-corrected chi connectivity index (χ0v) is 6.99. The lowest BCUT2D eigenvalue weighted by Gasteiger charge is -2.03. The number of fused-ring (bicyclic) bond motifs is 1. The maximum atomic E-state index is 9.00. The Morgan fingerprint density at radius 1 is 1.50 bits per heavy atom. The lowest BCUT2D eigenvalue weighted by molar-refractivity contribution is 0.275. The highest BCUT2D eigenvalue weighted by molar-refractivity contribution is 6.31. The van der Waals surface area contributed by atoms with E-state index in [1.54, 1.807) is 23.0 Å². The summed E-state index contributed by atoms with van der Waals surface area (Å²) in [6.45, 7) is -0.0769. The normalized spacial score (nSPS) is 10.8. The third-order valence-corrected chi connectivity index (χ3v) is 2.13. The predicted molar refractivity (Wildman–Crippen MR) is 46.1 cm³/mol. The summed E-state index contributed by atoms with van der Waals surface area (Å²) in [6, 6.07) is 3.61. The van der Waals surface area contributed by atoms with Crippen molar-refractivity contribution in [1.82, 2.24) is 9.38 Å². The highest BCUT2D eigenvalue weighted by atomic mass is 35.5. The van der Waals surface area contributed by atoms with Crippen molar-refractivity contribution in [2.24, 2.45) is 0 Å². The molecule has 2 heterocycles. The van der Waals surface area contributed by atoms with Gasteiger partial charge in [-0.05, 0) is 12.1 Å². The molecule has 1 N–H and O–H groups in total. The number of hydrogen-bond acceptors (Lipinski definition) is 2. The molecule has 0 saturated carbocycles. The molecular formula is C8H7ClN2O. The lowest BCUT2D eigenvalue weighted by atomic mass is 10.3. The smallest absolute Gasteiger partial charge is 0.0995 e. The minimum absolute atomic E-state index is 0.0769. The first-order chi connectivity index (χ1) is 5.83. The molecule has 2 aromatic rings. The molecule has 0 unspecified atom stereocenters. The molecule has 4 heteroatoms. The van der Waals surface area contributed by atoms with Crippen molar-refractivity contribution in [1.29, 1.82) is 0 Å². The van der Waals surface area contributed by atoms with Gasteiger partial charge in [0.05, 0.1) is 35.4 Å². The molecule has 12 heavy (non-hydrogen) atoms. The minimum Gasteiger partial charge on any atom is -0.390 e. The molecule has 0 fully saturated rings. The fourth-order valence-corrected chi connectivity index (χ4v) is 1.39. The second-order valence-electron chi connectivity index (χ2n) is 2.47. The fourth-order valence-electron chi connectivity index (χ4n) is 1.18. The van der Waals surface area contributed by atoms with Crippen LogP contribution in [0.25, 0.3) is 5.52 Å². The van der Waals surface area contributed by atoms with E-state index in [9.17, 15) is 0 Å². The van der Waals surface area contributed by atoms with E-state index < -0.39 is 0 Å². The van der Waals surface area contributed by atoms with Crippen LogP contribution in [-0.2, 0) is 6.61 Å². The lowest BCUT2D eigenvalue weighted by Crippen LogP contribution is -1.95. The van der Waals surface area contributed by atoms with Crippen LogP contribution in [0, 0.1) is 0 Å². The van der Waals surface area contributed by atoms with Gasteiger partial charge in [0.15, 0.2) is 0 Å². The van der Waals surface area contributed by atoms with Crippen molar-refractivity contribution in [2.75, 3.05) is 0 Å². The number of nitrogens with zero attached hydrogens (tertiary/aromatic N) is 2. The number of halogens is 1. The van der Waals surface area contributed by atoms with E-state index in [4.69, 9.17) is 16.7 Å². The zero-order valence-electron chi connectivity index (χ0n) is 6.24. The van der Waals surface area contributed by atoms with E-state index in [1.807, 2.05) is 6.07 Å². The van der Waals surface area contributed by atoms with Crippen LogP contribution in [0.4, 0.5) is 0 Å². The summed E-state index contributed by atoms with van der Waals surface area (Å²) < 4.78 is 1.77. The number of aliphatic hydroxyl groups excluding tert-OH is 1. The highest BCUT2D eigenvalue weighted by Crippen LogP contribution is 2.17. The van der Waals surface area contributed by atoms with Gasteiger partial charge >= 0.3 is 0 Å². The maximum Gasteiger partial charge on any atom is 0.0995 e. The molecule has 62 valence electrons. The van der Waals surface area contributed by atoms with Crippen LogP contribution in [-0.4, -0.2) is 14.5 Å². The first-order valence-corrected chi connectivity index (χ1v) is 3.91. The third-order valence-electron chi connectivity index (χ3n) is 1.78. The Bertz CT molecular complexity index is 410. The van der Waals surface area contributed by atoms with Gasteiger partial charge < -0.3 is 5.11 Å². The van der Waals surface area contributed by atoms with Crippen LogP contribution in [0.1, 0.15) is 5.69 Å². The van der Waals surface area contributed by atoms with Crippen LogP contribution in [0.3, 0.4) is 0 Å². The van der Waals surface area contributed by atoms with Crippen molar-refractivity contribution in [3.63, 3.8) is 0 Å². The molecule has 0 saturated heterocycles. The Morgan fingerprint density at radius 2 is 2.33 bits per heavy atom. The van der Waals surface area contributed by atoms with Crippen molar-refractivity contribution in [2.45, 2.75) is 6.61 Å².